The van der Waals surface area contributed by atoms with E-state index in [4.69, 9.17) is 9.47 Å². The van der Waals surface area contributed by atoms with Crippen molar-refractivity contribution in [2.75, 3.05) is 19.5 Å². The molecule has 0 atom stereocenters. The van der Waals surface area contributed by atoms with Crippen molar-refractivity contribution in [3.63, 3.8) is 0 Å². The average molecular weight is 365 g/mol. The van der Waals surface area contributed by atoms with Gasteiger partial charge in [-0.05, 0) is 37.5 Å². The molecule has 0 saturated carbocycles. The Hall–Kier alpha value is -3.28. The molecule has 0 spiro atoms. The Morgan fingerprint density at radius 3 is 2.30 bits per heavy atom. The minimum absolute atomic E-state index is 0.297. The van der Waals surface area contributed by atoms with Gasteiger partial charge in [0.2, 0.25) is 0 Å². The molecule has 0 bridgehead atoms. The van der Waals surface area contributed by atoms with Crippen molar-refractivity contribution in [1.82, 2.24) is 10.2 Å². The molecule has 3 aromatic rings. The molecule has 0 aliphatic carbocycles. The lowest BCUT2D eigenvalue weighted by Crippen LogP contribution is -2.16. The second-order valence-electron chi connectivity index (χ2n) is 6.15. The Balaban J connectivity index is 1.82. The largest absolute Gasteiger partial charge is 0.496 e. The molecule has 0 unspecified atom stereocenters. The molecule has 140 valence electrons. The summed E-state index contributed by atoms with van der Waals surface area (Å²) in [6.07, 6.45) is 1.55. The first-order valence-corrected chi connectivity index (χ1v) is 8.74. The number of benzene rings is 2. The van der Waals surface area contributed by atoms with Crippen LogP contribution in [0.1, 0.15) is 27.3 Å². The van der Waals surface area contributed by atoms with E-state index in [0.717, 1.165) is 17.8 Å². The number of nitrogens with one attached hydrogen (secondary N) is 2. The van der Waals surface area contributed by atoms with Gasteiger partial charge < -0.3 is 14.8 Å². The number of hydrogen-bond acceptors (Lipinski definition) is 4. The van der Waals surface area contributed by atoms with E-state index >= 15 is 0 Å². The molecule has 3 rings (SSSR count). The van der Waals surface area contributed by atoms with E-state index in [1.165, 1.54) is 19.8 Å². The number of carbonyl (C=O) groups is 1. The summed E-state index contributed by atoms with van der Waals surface area (Å²) < 4.78 is 10.7. The number of H-pyrrole nitrogens is 1. The molecule has 0 aliphatic heterocycles. The number of hydrogen-bond donors (Lipinski definition) is 2. The molecule has 1 heterocycles. The average Bonchev–Trinajstić information content (AvgIpc) is 3.05. The predicted octanol–water partition coefficient (Wildman–Crippen LogP) is 3.77. The van der Waals surface area contributed by atoms with Crippen molar-refractivity contribution < 1.29 is 14.3 Å². The Kier molecular flexibility index (Phi) is 5.76. The molecule has 1 aromatic heterocycles. The molecule has 1 amide bonds. The number of aromatic nitrogens is 2. The van der Waals surface area contributed by atoms with Crippen molar-refractivity contribution in [2.45, 2.75) is 19.8 Å². The van der Waals surface area contributed by atoms with Gasteiger partial charge in [0.1, 0.15) is 17.1 Å². The van der Waals surface area contributed by atoms with E-state index in [0.29, 0.717) is 29.2 Å². The maximum absolute atomic E-state index is 12.9. The summed E-state index contributed by atoms with van der Waals surface area (Å²) in [7, 11) is 3.06. The number of methoxy groups -OCH3 is 2. The fraction of sp³-hybridized carbons (Fsp3) is 0.238. The van der Waals surface area contributed by atoms with Gasteiger partial charge in [-0.15, -0.1) is 0 Å². The van der Waals surface area contributed by atoms with Crippen LogP contribution in [-0.2, 0) is 12.8 Å². The number of amides is 1. The number of ether oxygens (including phenoxy) is 2. The normalized spacial score (nSPS) is 10.5. The van der Waals surface area contributed by atoms with E-state index < -0.39 is 0 Å². The fourth-order valence-electron chi connectivity index (χ4n) is 2.98. The molecular weight excluding hydrogens is 342 g/mol. The third-order valence-electron chi connectivity index (χ3n) is 4.41. The second-order valence-corrected chi connectivity index (χ2v) is 6.15. The summed E-state index contributed by atoms with van der Waals surface area (Å²) in [5.74, 6) is 0.618. The minimum Gasteiger partial charge on any atom is -0.496 e. The summed E-state index contributed by atoms with van der Waals surface area (Å²) in [5, 5.41) is 10.3. The summed E-state index contributed by atoms with van der Waals surface area (Å²) in [6.45, 7) is 1.88. The monoisotopic (exact) mass is 365 g/mol. The van der Waals surface area contributed by atoms with Crippen LogP contribution in [0.5, 0.6) is 11.5 Å². The van der Waals surface area contributed by atoms with E-state index in [1.54, 1.807) is 18.2 Å². The molecule has 0 saturated heterocycles. The van der Waals surface area contributed by atoms with Gasteiger partial charge in [-0.1, -0.05) is 36.4 Å². The minimum atomic E-state index is -0.297. The Labute approximate surface area is 158 Å². The first-order valence-electron chi connectivity index (χ1n) is 8.74. The van der Waals surface area contributed by atoms with Gasteiger partial charge in [-0.3, -0.25) is 9.89 Å². The highest BCUT2D eigenvalue weighted by atomic mass is 16.5. The quantitative estimate of drug-likeness (QED) is 0.668. The van der Waals surface area contributed by atoms with E-state index in [2.05, 4.69) is 27.6 Å². The van der Waals surface area contributed by atoms with Crippen LogP contribution in [-0.4, -0.2) is 30.3 Å². The topological polar surface area (TPSA) is 76.2 Å². The SMILES string of the molecule is COc1cccc(OC)c1C(=O)Nc1c(CCc2ccccc2)n[nH]c1C. The first-order chi connectivity index (χ1) is 13.1. The lowest BCUT2D eigenvalue weighted by molar-refractivity contribution is 0.102. The third-order valence-corrected chi connectivity index (χ3v) is 4.41. The van der Waals surface area contributed by atoms with Crippen molar-refractivity contribution in [3.8, 4) is 11.5 Å². The van der Waals surface area contributed by atoms with E-state index in [1.807, 2.05) is 25.1 Å². The molecular formula is C21H23N3O3. The van der Waals surface area contributed by atoms with E-state index in [-0.39, 0.29) is 5.91 Å². The standard InChI is InChI=1S/C21H23N3O3/c1-14-20(16(24-23-14)13-12-15-8-5-4-6-9-15)22-21(25)19-17(26-2)10-7-11-18(19)27-3/h4-11H,12-13H2,1-3H3,(H,22,25)(H,23,24). The maximum atomic E-state index is 12.9. The fourth-order valence-corrected chi connectivity index (χ4v) is 2.98. The van der Waals surface area contributed by atoms with Crippen molar-refractivity contribution in [3.05, 3.63) is 71.0 Å². The highest BCUT2D eigenvalue weighted by Gasteiger charge is 2.21. The number of nitrogens with zero attached hydrogens (tertiary/aromatic N) is 1. The number of anilines is 1. The maximum Gasteiger partial charge on any atom is 0.263 e. The summed E-state index contributed by atoms with van der Waals surface area (Å²) in [6, 6.07) is 15.4. The van der Waals surface area contributed by atoms with Gasteiger partial charge >= 0.3 is 0 Å². The van der Waals surface area contributed by atoms with Crippen LogP contribution in [0.15, 0.2) is 48.5 Å². The van der Waals surface area contributed by atoms with Crippen molar-refractivity contribution in [2.24, 2.45) is 0 Å². The van der Waals surface area contributed by atoms with Crippen LogP contribution >= 0.6 is 0 Å². The first kappa shape index (κ1) is 18.5. The van der Waals surface area contributed by atoms with Crippen LogP contribution < -0.4 is 14.8 Å². The van der Waals surface area contributed by atoms with E-state index in [9.17, 15) is 4.79 Å². The molecule has 0 aliphatic rings. The summed E-state index contributed by atoms with van der Waals surface area (Å²) in [4.78, 5) is 12.9. The van der Waals surface area contributed by atoms with Crippen LogP contribution in [0.4, 0.5) is 5.69 Å². The van der Waals surface area contributed by atoms with Crippen molar-refractivity contribution in [1.29, 1.82) is 0 Å². The number of aryl methyl sites for hydroxylation is 3. The molecule has 0 radical (unpaired) electrons. The van der Waals surface area contributed by atoms with Crippen LogP contribution in [0.2, 0.25) is 0 Å². The molecule has 2 aromatic carbocycles. The second kappa shape index (κ2) is 8.40. The smallest absolute Gasteiger partial charge is 0.263 e. The number of rotatable bonds is 7. The van der Waals surface area contributed by atoms with Crippen LogP contribution in [0.3, 0.4) is 0 Å². The van der Waals surface area contributed by atoms with Gasteiger partial charge in [0, 0.05) is 0 Å². The highest BCUT2D eigenvalue weighted by Crippen LogP contribution is 2.30. The molecule has 6 nitrogen and oxygen atoms in total. The molecule has 6 heteroatoms. The molecule has 0 fully saturated rings. The van der Waals surface area contributed by atoms with Crippen LogP contribution in [0.25, 0.3) is 0 Å². The van der Waals surface area contributed by atoms with Gasteiger partial charge in [0.15, 0.2) is 0 Å². The van der Waals surface area contributed by atoms with Gasteiger partial charge in [-0.25, -0.2) is 0 Å². The zero-order chi connectivity index (χ0) is 19.2. The van der Waals surface area contributed by atoms with Gasteiger partial charge in [-0.2, -0.15) is 5.10 Å². The Morgan fingerprint density at radius 1 is 1.00 bits per heavy atom. The highest BCUT2D eigenvalue weighted by molar-refractivity contribution is 6.08. The summed E-state index contributed by atoms with van der Waals surface area (Å²) >= 11 is 0. The molecule has 27 heavy (non-hydrogen) atoms. The van der Waals surface area contributed by atoms with Gasteiger partial charge in [0.05, 0.1) is 31.3 Å². The lowest BCUT2D eigenvalue weighted by Gasteiger charge is -2.13. The zero-order valence-electron chi connectivity index (χ0n) is 15.7. The van der Waals surface area contributed by atoms with Gasteiger partial charge in [0.25, 0.3) is 5.91 Å². The Morgan fingerprint density at radius 2 is 1.67 bits per heavy atom. The number of aromatic amines is 1. The predicted molar refractivity (Wildman–Crippen MR) is 105 cm³/mol. The molecule has 2 N–H and O–H groups in total. The lowest BCUT2D eigenvalue weighted by atomic mass is 10.1. The third kappa shape index (κ3) is 4.11. The van der Waals surface area contributed by atoms with Crippen LogP contribution in [0, 0.1) is 6.92 Å². The Bertz CT molecular complexity index is 897. The zero-order valence-corrected chi connectivity index (χ0v) is 15.7. The number of carbonyl (C=O) groups excluding carboxylic acids is 1. The summed E-state index contributed by atoms with van der Waals surface area (Å²) in [5.41, 5.74) is 3.90. The van der Waals surface area contributed by atoms with Crippen molar-refractivity contribution >= 4 is 11.6 Å².